The maximum atomic E-state index is 12.4. The second-order valence-electron chi connectivity index (χ2n) is 5.52. The molecule has 2 amide bonds. The van der Waals surface area contributed by atoms with E-state index in [0.29, 0.717) is 26.2 Å². The first kappa shape index (κ1) is 16.3. The third-order valence-corrected chi connectivity index (χ3v) is 3.94. The predicted octanol–water partition coefficient (Wildman–Crippen LogP) is 0.0130. The Labute approximate surface area is 131 Å². The lowest BCUT2D eigenvalue weighted by Crippen LogP contribution is -2.52. The highest BCUT2D eigenvalue weighted by molar-refractivity contribution is 5.81. The van der Waals surface area contributed by atoms with Crippen molar-refractivity contribution in [3.05, 3.63) is 30.3 Å². The highest BCUT2D eigenvalue weighted by atomic mass is 16.2. The standard InChI is InChI=1S/C16H24N4O2/c1-17-15(21)12-19-8-10-20(11-9-19)16(22)13-18(2)14-6-4-3-5-7-14/h3-7H,8-13H2,1-2H3,(H,17,21). The molecule has 1 aromatic rings. The van der Waals surface area contributed by atoms with Crippen LogP contribution in [-0.4, -0.2) is 75.0 Å². The van der Waals surface area contributed by atoms with E-state index in [1.165, 1.54) is 0 Å². The Morgan fingerprint density at radius 1 is 1.14 bits per heavy atom. The number of likely N-dealkylation sites (N-methyl/N-ethyl adjacent to an activating group) is 2. The summed E-state index contributed by atoms with van der Waals surface area (Å²) < 4.78 is 0. The van der Waals surface area contributed by atoms with Crippen LogP contribution in [0.4, 0.5) is 5.69 Å². The third kappa shape index (κ3) is 4.46. The molecule has 0 unspecified atom stereocenters. The molecular formula is C16H24N4O2. The predicted molar refractivity (Wildman–Crippen MR) is 86.8 cm³/mol. The smallest absolute Gasteiger partial charge is 0.242 e. The summed E-state index contributed by atoms with van der Waals surface area (Å²) in [5.74, 6) is 0.148. The highest BCUT2D eigenvalue weighted by Crippen LogP contribution is 2.11. The van der Waals surface area contributed by atoms with Crippen molar-refractivity contribution in [3.63, 3.8) is 0 Å². The van der Waals surface area contributed by atoms with Gasteiger partial charge >= 0.3 is 0 Å². The van der Waals surface area contributed by atoms with Gasteiger partial charge in [-0.1, -0.05) is 18.2 Å². The van der Waals surface area contributed by atoms with Crippen molar-refractivity contribution >= 4 is 17.5 Å². The average Bonchev–Trinajstić information content (AvgIpc) is 2.56. The van der Waals surface area contributed by atoms with E-state index in [2.05, 4.69) is 10.2 Å². The molecule has 1 saturated heterocycles. The molecule has 0 aliphatic carbocycles. The van der Waals surface area contributed by atoms with Crippen molar-refractivity contribution in [1.29, 1.82) is 0 Å². The number of amides is 2. The van der Waals surface area contributed by atoms with E-state index in [-0.39, 0.29) is 11.8 Å². The van der Waals surface area contributed by atoms with Crippen LogP contribution in [0, 0.1) is 0 Å². The molecule has 1 aromatic carbocycles. The first-order chi connectivity index (χ1) is 10.6. The maximum absolute atomic E-state index is 12.4. The average molecular weight is 304 g/mol. The largest absolute Gasteiger partial charge is 0.365 e. The fraction of sp³-hybridized carbons (Fsp3) is 0.500. The van der Waals surface area contributed by atoms with Crippen LogP contribution in [0.1, 0.15) is 0 Å². The molecule has 6 heteroatoms. The summed E-state index contributed by atoms with van der Waals surface area (Å²) in [5, 5.41) is 2.62. The number of anilines is 1. The normalized spacial score (nSPS) is 15.5. The Morgan fingerprint density at radius 2 is 1.77 bits per heavy atom. The van der Waals surface area contributed by atoms with E-state index in [0.717, 1.165) is 18.8 Å². The van der Waals surface area contributed by atoms with Gasteiger partial charge in [0.05, 0.1) is 13.1 Å². The number of nitrogens with zero attached hydrogens (tertiary/aromatic N) is 3. The number of piperazine rings is 1. The Balaban J connectivity index is 1.79. The fourth-order valence-electron chi connectivity index (χ4n) is 2.51. The van der Waals surface area contributed by atoms with Crippen LogP contribution in [0.3, 0.4) is 0 Å². The molecule has 22 heavy (non-hydrogen) atoms. The van der Waals surface area contributed by atoms with Gasteiger partial charge < -0.3 is 15.1 Å². The van der Waals surface area contributed by atoms with Crippen LogP contribution in [-0.2, 0) is 9.59 Å². The number of hydrogen-bond donors (Lipinski definition) is 1. The molecule has 0 saturated carbocycles. The van der Waals surface area contributed by atoms with Crippen molar-refractivity contribution in [1.82, 2.24) is 15.1 Å². The van der Waals surface area contributed by atoms with Crippen LogP contribution in [0.15, 0.2) is 30.3 Å². The lowest BCUT2D eigenvalue weighted by atomic mass is 10.2. The summed E-state index contributed by atoms with van der Waals surface area (Å²) in [6.45, 7) is 3.63. The van der Waals surface area contributed by atoms with Crippen molar-refractivity contribution in [2.75, 3.05) is 58.3 Å². The zero-order valence-electron chi connectivity index (χ0n) is 13.3. The van der Waals surface area contributed by atoms with Gasteiger partial charge in [0.2, 0.25) is 11.8 Å². The van der Waals surface area contributed by atoms with Gasteiger partial charge in [0.1, 0.15) is 0 Å². The van der Waals surface area contributed by atoms with E-state index < -0.39 is 0 Å². The molecule has 0 spiro atoms. The second kappa shape index (κ2) is 7.79. The molecule has 6 nitrogen and oxygen atoms in total. The van der Waals surface area contributed by atoms with Crippen molar-refractivity contribution < 1.29 is 9.59 Å². The molecule has 1 heterocycles. The molecule has 2 rings (SSSR count). The Bertz CT molecular complexity index is 498. The molecule has 0 atom stereocenters. The Hall–Kier alpha value is -2.08. The number of nitrogens with one attached hydrogen (secondary N) is 1. The van der Waals surface area contributed by atoms with Gasteiger partial charge in [-0.2, -0.15) is 0 Å². The molecule has 1 aliphatic rings. The van der Waals surface area contributed by atoms with Gasteiger partial charge in [-0.3, -0.25) is 14.5 Å². The quantitative estimate of drug-likeness (QED) is 0.833. The molecule has 1 aliphatic heterocycles. The summed E-state index contributed by atoms with van der Waals surface area (Å²) in [4.78, 5) is 29.6. The van der Waals surface area contributed by atoms with Gasteiger partial charge in [-0.05, 0) is 12.1 Å². The number of hydrogen-bond acceptors (Lipinski definition) is 4. The summed E-state index contributed by atoms with van der Waals surface area (Å²) >= 11 is 0. The van der Waals surface area contributed by atoms with Crippen molar-refractivity contribution in [2.45, 2.75) is 0 Å². The SMILES string of the molecule is CNC(=O)CN1CCN(C(=O)CN(C)c2ccccc2)CC1. The molecule has 0 bridgehead atoms. The first-order valence-corrected chi connectivity index (χ1v) is 7.57. The van der Waals surface area contributed by atoms with Crippen LogP contribution >= 0.6 is 0 Å². The molecule has 1 N–H and O–H groups in total. The minimum Gasteiger partial charge on any atom is -0.365 e. The molecule has 0 radical (unpaired) electrons. The van der Waals surface area contributed by atoms with Gasteiger partial charge in [0.15, 0.2) is 0 Å². The van der Waals surface area contributed by atoms with E-state index in [1.54, 1.807) is 7.05 Å². The molecule has 1 fully saturated rings. The second-order valence-corrected chi connectivity index (χ2v) is 5.52. The number of carbonyl (C=O) groups is 2. The van der Waals surface area contributed by atoms with Crippen LogP contribution < -0.4 is 10.2 Å². The Morgan fingerprint density at radius 3 is 2.36 bits per heavy atom. The zero-order chi connectivity index (χ0) is 15.9. The molecule has 120 valence electrons. The summed E-state index contributed by atoms with van der Waals surface area (Å²) in [5.41, 5.74) is 1.04. The van der Waals surface area contributed by atoms with Crippen LogP contribution in [0.2, 0.25) is 0 Å². The van der Waals surface area contributed by atoms with Gasteiger partial charge in [0, 0.05) is 46.0 Å². The fourth-order valence-corrected chi connectivity index (χ4v) is 2.51. The van der Waals surface area contributed by atoms with E-state index in [4.69, 9.17) is 0 Å². The Kier molecular flexibility index (Phi) is 5.77. The van der Waals surface area contributed by atoms with Gasteiger partial charge in [-0.15, -0.1) is 0 Å². The number of para-hydroxylation sites is 1. The van der Waals surface area contributed by atoms with Crippen LogP contribution in [0.5, 0.6) is 0 Å². The monoisotopic (exact) mass is 304 g/mol. The maximum Gasteiger partial charge on any atom is 0.242 e. The minimum absolute atomic E-state index is 0.0172. The highest BCUT2D eigenvalue weighted by Gasteiger charge is 2.22. The molecule has 0 aromatic heterocycles. The van der Waals surface area contributed by atoms with Crippen molar-refractivity contribution in [2.24, 2.45) is 0 Å². The van der Waals surface area contributed by atoms with E-state index >= 15 is 0 Å². The summed E-state index contributed by atoms with van der Waals surface area (Å²) in [6.07, 6.45) is 0. The van der Waals surface area contributed by atoms with E-state index in [9.17, 15) is 9.59 Å². The van der Waals surface area contributed by atoms with Crippen LogP contribution in [0.25, 0.3) is 0 Å². The number of rotatable bonds is 5. The zero-order valence-corrected chi connectivity index (χ0v) is 13.3. The first-order valence-electron chi connectivity index (χ1n) is 7.57. The number of carbonyl (C=O) groups excluding carboxylic acids is 2. The number of benzene rings is 1. The van der Waals surface area contributed by atoms with Gasteiger partial charge in [0.25, 0.3) is 0 Å². The lowest BCUT2D eigenvalue weighted by molar-refractivity contribution is -0.131. The molecular weight excluding hydrogens is 280 g/mol. The summed E-state index contributed by atoms with van der Waals surface area (Å²) in [6, 6.07) is 9.88. The minimum atomic E-state index is 0.0172. The summed E-state index contributed by atoms with van der Waals surface area (Å²) in [7, 11) is 3.57. The lowest BCUT2D eigenvalue weighted by Gasteiger charge is -2.35. The topological polar surface area (TPSA) is 55.9 Å². The third-order valence-electron chi connectivity index (χ3n) is 3.94. The van der Waals surface area contributed by atoms with E-state index in [1.807, 2.05) is 47.2 Å². The van der Waals surface area contributed by atoms with Crippen molar-refractivity contribution in [3.8, 4) is 0 Å². The van der Waals surface area contributed by atoms with Gasteiger partial charge in [-0.25, -0.2) is 0 Å².